The summed E-state index contributed by atoms with van der Waals surface area (Å²) < 4.78 is 11.1. The molecule has 1 amide bonds. The molecule has 6 heteroatoms. The highest BCUT2D eigenvalue weighted by molar-refractivity contribution is 5.89. The van der Waals surface area contributed by atoms with Crippen LogP contribution in [0.15, 0.2) is 36.5 Å². The Balaban J connectivity index is 2.05. The lowest BCUT2D eigenvalue weighted by molar-refractivity contribution is -0.155. The fourth-order valence-electron chi connectivity index (χ4n) is 2.23. The predicted molar refractivity (Wildman–Crippen MR) is 95.3 cm³/mol. The molecule has 1 N–H and O–H groups in total. The van der Waals surface area contributed by atoms with E-state index in [1.807, 2.05) is 24.3 Å². The van der Waals surface area contributed by atoms with Crippen molar-refractivity contribution in [2.45, 2.75) is 45.8 Å². The average molecular weight is 344 g/mol. The molecule has 0 fully saturated rings. The smallest absolute Gasteiger partial charge is 0.325 e. The van der Waals surface area contributed by atoms with Gasteiger partial charge in [-0.1, -0.05) is 6.07 Å². The number of nitrogens with zero attached hydrogens (tertiary/aromatic N) is 1. The maximum atomic E-state index is 12.4. The van der Waals surface area contributed by atoms with E-state index in [4.69, 9.17) is 9.47 Å². The molecule has 1 aromatic heterocycles. The predicted octanol–water partition coefficient (Wildman–Crippen LogP) is 2.85. The molecule has 0 atom stereocenters. The molecule has 6 nitrogen and oxygen atoms in total. The molecular formula is C19H24N2O4. The number of benzene rings is 1. The number of amides is 1. The Morgan fingerprint density at radius 1 is 1.08 bits per heavy atom. The SMILES string of the molecule is CC(C)(C)OC(=O)CNC(=O)C(C)(C)Oc1cccc2ncccc12. The van der Waals surface area contributed by atoms with Gasteiger partial charge in [0, 0.05) is 11.6 Å². The van der Waals surface area contributed by atoms with Crippen LogP contribution >= 0.6 is 0 Å². The van der Waals surface area contributed by atoms with E-state index in [0.29, 0.717) is 5.75 Å². The van der Waals surface area contributed by atoms with Crippen LogP contribution in [-0.4, -0.2) is 34.6 Å². The standard InChI is InChI=1S/C19H24N2O4/c1-18(2,3)25-16(22)12-21-17(23)19(4,5)24-15-10-6-9-14-13(15)8-7-11-20-14/h6-11H,12H2,1-5H3,(H,21,23). The normalized spacial score (nSPS) is 11.9. The van der Waals surface area contributed by atoms with Crippen LogP contribution < -0.4 is 10.1 Å². The molecule has 0 unspecified atom stereocenters. The molecule has 0 aliphatic carbocycles. The van der Waals surface area contributed by atoms with E-state index >= 15 is 0 Å². The van der Waals surface area contributed by atoms with Crippen LogP contribution in [0.4, 0.5) is 0 Å². The molecule has 0 radical (unpaired) electrons. The largest absolute Gasteiger partial charge is 0.477 e. The van der Waals surface area contributed by atoms with Gasteiger partial charge < -0.3 is 14.8 Å². The van der Waals surface area contributed by atoms with Crippen LogP contribution in [0.2, 0.25) is 0 Å². The number of aromatic nitrogens is 1. The van der Waals surface area contributed by atoms with Gasteiger partial charge in [0.25, 0.3) is 5.91 Å². The minimum absolute atomic E-state index is 0.208. The summed E-state index contributed by atoms with van der Waals surface area (Å²) in [5.41, 5.74) is -0.972. The van der Waals surface area contributed by atoms with Crippen molar-refractivity contribution in [1.82, 2.24) is 10.3 Å². The Hall–Kier alpha value is -2.63. The Bertz CT molecular complexity index is 773. The Kier molecular flexibility index (Phi) is 5.30. The van der Waals surface area contributed by atoms with Crippen molar-refractivity contribution in [2.75, 3.05) is 6.54 Å². The molecule has 0 aliphatic heterocycles. The lowest BCUT2D eigenvalue weighted by Crippen LogP contribution is -2.48. The highest BCUT2D eigenvalue weighted by Gasteiger charge is 2.31. The van der Waals surface area contributed by atoms with Crippen molar-refractivity contribution >= 4 is 22.8 Å². The van der Waals surface area contributed by atoms with Crippen molar-refractivity contribution in [3.63, 3.8) is 0 Å². The third-order valence-corrected chi connectivity index (χ3v) is 3.33. The first-order valence-corrected chi connectivity index (χ1v) is 8.11. The second-order valence-electron chi connectivity index (χ2n) is 7.21. The Morgan fingerprint density at radius 3 is 2.48 bits per heavy atom. The van der Waals surface area contributed by atoms with Crippen molar-refractivity contribution < 1.29 is 19.1 Å². The van der Waals surface area contributed by atoms with Gasteiger partial charge in [0.1, 0.15) is 17.9 Å². The zero-order valence-corrected chi connectivity index (χ0v) is 15.3. The third kappa shape index (κ3) is 5.17. The lowest BCUT2D eigenvalue weighted by atomic mass is 10.1. The van der Waals surface area contributed by atoms with Crippen LogP contribution in [-0.2, 0) is 14.3 Å². The molecule has 1 heterocycles. The van der Waals surface area contributed by atoms with Gasteiger partial charge in [-0.2, -0.15) is 0 Å². The van der Waals surface area contributed by atoms with Gasteiger partial charge in [-0.3, -0.25) is 14.6 Å². The number of carbonyl (C=O) groups excluding carboxylic acids is 2. The first-order chi connectivity index (χ1) is 11.6. The monoisotopic (exact) mass is 344 g/mol. The zero-order chi connectivity index (χ0) is 18.7. The highest BCUT2D eigenvalue weighted by atomic mass is 16.6. The number of esters is 1. The number of hydrogen-bond acceptors (Lipinski definition) is 5. The molecule has 2 rings (SSSR count). The van der Waals surface area contributed by atoms with E-state index in [9.17, 15) is 9.59 Å². The minimum atomic E-state index is -1.16. The van der Waals surface area contributed by atoms with Crippen LogP contribution in [0.25, 0.3) is 10.9 Å². The molecule has 0 spiro atoms. The van der Waals surface area contributed by atoms with Gasteiger partial charge >= 0.3 is 5.97 Å². The second-order valence-corrected chi connectivity index (χ2v) is 7.21. The number of carbonyl (C=O) groups is 2. The van der Waals surface area contributed by atoms with Crippen LogP contribution in [0.1, 0.15) is 34.6 Å². The van der Waals surface area contributed by atoms with Crippen molar-refractivity contribution in [1.29, 1.82) is 0 Å². The summed E-state index contributed by atoms with van der Waals surface area (Å²) in [6.07, 6.45) is 1.70. The Morgan fingerprint density at radius 2 is 1.80 bits per heavy atom. The molecule has 0 aliphatic rings. The summed E-state index contributed by atoms with van der Waals surface area (Å²) in [6, 6.07) is 9.17. The average Bonchev–Trinajstić information content (AvgIpc) is 2.51. The summed E-state index contributed by atoms with van der Waals surface area (Å²) in [7, 11) is 0. The van der Waals surface area contributed by atoms with Crippen molar-refractivity contribution in [3.05, 3.63) is 36.5 Å². The van der Waals surface area contributed by atoms with E-state index in [-0.39, 0.29) is 6.54 Å². The third-order valence-electron chi connectivity index (χ3n) is 3.33. The van der Waals surface area contributed by atoms with Crippen molar-refractivity contribution in [2.24, 2.45) is 0 Å². The number of fused-ring (bicyclic) bond motifs is 1. The van der Waals surface area contributed by atoms with Crippen molar-refractivity contribution in [3.8, 4) is 5.75 Å². The second kappa shape index (κ2) is 7.09. The molecular weight excluding hydrogens is 320 g/mol. The maximum absolute atomic E-state index is 12.4. The first kappa shape index (κ1) is 18.7. The number of hydrogen-bond donors (Lipinski definition) is 1. The van der Waals surface area contributed by atoms with Gasteiger partial charge in [0.05, 0.1) is 5.52 Å². The van der Waals surface area contributed by atoms with E-state index in [0.717, 1.165) is 10.9 Å². The molecule has 1 aromatic carbocycles. The fourth-order valence-corrected chi connectivity index (χ4v) is 2.23. The quantitative estimate of drug-likeness (QED) is 0.844. The fraction of sp³-hybridized carbons (Fsp3) is 0.421. The van der Waals surface area contributed by atoms with Crippen LogP contribution in [0, 0.1) is 0 Å². The first-order valence-electron chi connectivity index (χ1n) is 8.11. The summed E-state index contributed by atoms with van der Waals surface area (Å²) in [4.78, 5) is 28.4. The van der Waals surface area contributed by atoms with E-state index in [1.165, 1.54) is 0 Å². The molecule has 25 heavy (non-hydrogen) atoms. The molecule has 2 aromatic rings. The number of ether oxygens (including phenoxy) is 2. The zero-order valence-electron chi connectivity index (χ0n) is 15.3. The summed E-state index contributed by atoms with van der Waals surface area (Å²) in [6.45, 7) is 8.40. The minimum Gasteiger partial charge on any atom is -0.477 e. The summed E-state index contributed by atoms with van der Waals surface area (Å²) >= 11 is 0. The number of rotatable bonds is 5. The summed E-state index contributed by atoms with van der Waals surface area (Å²) in [5, 5.41) is 3.38. The highest BCUT2D eigenvalue weighted by Crippen LogP contribution is 2.27. The maximum Gasteiger partial charge on any atom is 0.325 e. The lowest BCUT2D eigenvalue weighted by Gasteiger charge is -2.26. The van der Waals surface area contributed by atoms with E-state index in [1.54, 1.807) is 46.9 Å². The number of pyridine rings is 1. The van der Waals surface area contributed by atoms with Crippen LogP contribution in [0.3, 0.4) is 0 Å². The van der Waals surface area contributed by atoms with E-state index in [2.05, 4.69) is 10.3 Å². The Labute approximate surface area is 147 Å². The van der Waals surface area contributed by atoms with Gasteiger partial charge in [-0.25, -0.2) is 0 Å². The van der Waals surface area contributed by atoms with Gasteiger partial charge in [-0.15, -0.1) is 0 Å². The molecule has 0 saturated carbocycles. The molecule has 0 saturated heterocycles. The molecule has 0 bridgehead atoms. The number of nitrogens with one attached hydrogen (secondary N) is 1. The van der Waals surface area contributed by atoms with Gasteiger partial charge in [0.15, 0.2) is 5.60 Å². The van der Waals surface area contributed by atoms with Crippen LogP contribution in [0.5, 0.6) is 5.75 Å². The molecule has 134 valence electrons. The van der Waals surface area contributed by atoms with Gasteiger partial charge in [0.2, 0.25) is 0 Å². The topological polar surface area (TPSA) is 77.5 Å². The van der Waals surface area contributed by atoms with Gasteiger partial charge in [-0.05, 0) is 58.9 Å². The summed E-state index contributed by atoms with van der Waals surface area (Å²) in [5.74, 6) is -0.340. The van der Waals surface area contributed by atoms with E-state index < -0.39 is 23.1 Å².